The van der Waals surface area contributed by atoms with Crippen LogP contribution in [0, 0.1) is 0 Å². The highest BCUT2D eigenvalue weighted by Gasteiger charge is 2.33. The van der Waals surface area contributed by atoms with Crippen LogP contribution >= 0.6 is 0 Å². The van der Waals surface area contributed by atoms with Gasteiger partial charge in [0.2, 0.25) is 0 Å². The van der Waals surface area contributed by atoms with Gasteiger partial charge in [-0.3, -0.25) is 19.3 Å². The summed E-state index contributed by atoms with van der Waals surface area (Å²) < 4.78 is 5.21. The second-order valence-corrected chi connectivity index (χ2v) is 8.40. The van der Waals surface area contributed by atoms with E-state index in [0.717, 1.165) is 16.0 Å². The average molecular weight is 486 g/mol. The molecule has 1 aliphatic heterocycles. The highest BCUT2D eigenvalue weighted by atomic mass is 16.5. The lowest BCUT2D eigenvalue weighted by Gasteiger charge is -2.20. The Labute approximate surface area is 209 Å². The molecule has 184 valence electrons. The Hall–Kier alpha value is -4.46. The van der Waals surface area contributed by atoms with Crippen molar-refractivity contribution in [2.24, 2.45) is 0 Å². The van der Waals surface area contributed by atoms with Gasteiger partial charge in [-0.15, -0.1) is 0 Å². The number of urea groups is 1. The molecule has 0 spiro atoms. The first-order valence-electron chi connectivity index (χ1n) is 11.7. The number of esters is 1. The molecule has 1 saturated heterocycles. The van der Waals surface area contributed by atoms with Crippen LogP contribution in [0.4, 0.5) is 4.79 Å². The molecular formula is C28H27N3O5. The van der Waals surface area contributed by atoms with E-state index >= 15 is 0 Å². The van der Waals surface area contributed by atoms with Crippen LogP contribution < -0.4 is 5.32 Å². The second kappa shape index (κ2) is 11.8. The normalized spacial score (nSPS) is 13.8. The van der Waals surface area contributed by atoms with Crippen LogP contribution in [0.25, 0.3) is 0 Å². The van der Waals surface area contributed by atoms with Crippen molar-refractivity contribution in [3.63, 3.8) is 0 Å². The fourth-order valence-electron chi connectivity index (χ4n) is 3.98. The Morgan fingerprint density at radius 3 is 2.11 bits per heavy atom. The third-order valence-electron chi connectivity index (χ3n) is 5.88. The third-order valence-corrected chi connectivity index (χ3v) is 5.88. The van der Waals surface area contributed by atoms with Crippen molar-refractivity contribution in [3.05, 3.63) is 108 Å². The molecule has 0 bridgehead atoms. The van der Waals surface area contributed by atoms with E-state index in [-0.39, 0.29) is 18.9 Å². The Morgan fingerprint density at radius 1 is 0.833 bits per heavy atom. The first-order chi connectivity index (χ1) is 17.5. The smallest absolute Gasteiger partial charge is 0.327 e. The zero-order valence-corrected chi connectivity index (χ0v) is 19.7. The maximum absolute atomic E-state index is 12.7. The zero-order chi connectivity index (χ0) is 25.3. The fraction of sp³-hybridized carbons (Fsp3) is 0.214. The molecule has 0 aliphatic carbocycles. The van der Waals surface area contributed by atoms with Gasteiger partial charge in [0.25, 0.3) is 11.8 Å². The van der Waals surface area contributed by atoms with Gasteiger partial charge in [-0.1, -0.05) is 78.9 Å². The van der Waals surface area contributed by atoms with Crippen LogP contribution in [-0.4, -0.2) is 53.3 Å². The number of ether oxygens (including phenoxy) is 1. The Kier molecular flexibility index (Phi) is 8.08. The predicted octanol–water partition coefficient (Wildman–Crippen LogP) is 3.56. The lowest BCUT2D eigenvalue weighted by molar-refractivity contribution is -0.151. The number of imide groups is 1. The molecule has 1 fully saturated rings. The van der Waals surface area contributed by atoms with Crippen molar-refractivity contribution in [2.45, 2.75) is 19.0 Å². The van der Waals surface area contributed by atoms with Gasteiger partial charge < -0.3 is 15.0 Å². The first kappa shape index (κ1) is 24.7. The molecule has 3 aromatic rings. The molecule has 0 unspecified atom stereocenters. The van der Waals surface area contributed by atoms with Gasteiger partial charge >= 0.3 is 12.0 Å². The van der Waals surface area contributed by atoms with Gasteiger partial charge in [0.1, 0.15) is 0 Å². The number of benzene rings is 3. The summed E-state index contributed by atoms with van der Waals surface area (Å²) in [5.41, 5.74) is 2.17. The van der Waals surface area contributed by atoms with E-state index in [1.54, 1.807) is 41.3 Å². The predicted molar refractivity (Wildman–Crippen MR) is 133 cm³/mol. The molecule has 1 atom stereocenters. The van der Waals surface area contributed by atoms with E-state index in [0.29, 0.717) is 18.7 Å². The van der Waals surface area contributed by atoms with Gasteiger partial charge in [0, 0.05) is 25.2 Å². The standard InChI is InChI=1S/C28H27N3O5/c32-25(31-17-16-30(28(31)35)19-21-10-4-1-5-11-21)20-36-26(33)18-24(22-12-6-2-7-13-22)29-27(34)23-14-8-3-9-15-23/h1-15,24H,16-20H2,(H,29,34)/t24-/m1/s1. The van der Waals surface area contributed by atoms with Crippen molar-refractivity contribution in [2.75, 3.05) is 19.7 Å². The number of rotatable bonds is 9. The number of amides is 4. The van der Waals surface area contributed by atoms with Crippen LogP contribution in [0.2, 0.25) is 0 Å². The van der Waals surface area contributed by atoms with Crippen molar-refractivity contribution in [1.29, 1.82) is 0 Å². The summed E-state index contributed by atoms with van der Waals surface area (Å²) in [5, 5.41) is 2.86. The zero-order valence-electron chi connectivity index (χ0n) is 19.7. The lowest BCUT2D eigenvalue weighted by Crippen LogP contribution is -2.38. The molecule has 3 aromatic carbocycles. The van der Waals surface area contributed by atoms with E-state index in [1.807, 2.05) is 54.6 Å². The number of nitrogens with one attached hydrogen (secondary N) is 1. The molecule has 0 saturated carbocycles. The Bertz CT molecular complexity index is 1200. The molecule has 1 N–H and O–H groups in total. The molecule has 8 heteroatoms. The quantitative estimate of drug-likeness (QED) is 0.468. The summed E-state index contributed by atoms with van der Waals surface area (Å²) >= 11 is 0. The number of nitrogens with zero attached hydrogens (tertiary/aromatic N) is 2. The minimum absolute atomic E-state index is 0.163. The van der Waals surface area contributed by atoms with E-state index in [1.165, 1.54) is 0 Å². The Morgan fingerprint density at radius 2 is 1.44 bits per heavy atom. The molecule has 1 heterocycles. The topological polar surface area (TPSA) is 96.0 Å². The monoisotopic (exact) mass is 485 g/mol. The molecule has 0 aromatic heterocycles. The number of carbonyl (C=O) groups is 4. The summed E-state index contributed by atoms with van der Waals surface area (Å²) in [6.45, 7) is 0.512. The average Bonchev–Trinajstić information content (AvgIpc) is 3.28. The van der Waals surface area contributed by atoms with E-state index in [2.05, 4.69) is 5.32 Å². The largest absolute Gasteiger partial charge is 0.455 e. The van der Waals surface area contributed by atoms with E-state index < -0.39 is 30.6 Å². The molecule has 4 amide bonds. The van der Waals surface area contributed by atoms with Crippen molar-refractivity contribution in [3.8, 4) is 0 Å². The molecule has 0 radical (unpaired) electrons. The third kappa shape index (κ3) is 6.35. The minimum Gasteiger partial charge on any atom is -0.455 e. The maximum atomic E-state index is 12.7. The van der Waals surface area contributed by atoms with Gasteiger partial charge in [0.15, 0.2) is 6.61 Å². The summed E-state index contributed by atoms with van der Waals surface area (Å²) in [5.74, 6) is -1.55. The van der Waals surface area contributed by atoms with Crippen molar-refractivity contribution < 1.29 is 23.9 Å². The van der Waals surface area contributed by atoms with Crippen LogP contribution in [0.15, 0.2) is 91.0 Å². The van der Waals surface area contributed by atoms with Crippen LogP contribution in [-0.2, 0) is 20.9 Å². The van der Waals surface area contributed by atoms with Crippen LogP contribution in [0.3, 0.4) is 0 Å². The maximum Gasteiger partial charge on any atom is 0.327 e. The van der Waals surface area contributed by atoms with Crippen LogP contribution in [0.1, 0.15) is 33.9 Å². The Balaban J connectivity index is 1.32. The molecule has 8 nitrogen and oxygen atoms in total. The number of hydrogen-bond donors (Lipinski definition) is 1. The van der Waals surface area contributed by atoms with Gasteiger partial charge in [-0.25, -0.2) is 4.79 Å². The van der Waals surface area contributed by atoms with Crippen molar-refractivity contribution >= 4 is 23.8 Å². The number of hydrogen-bond acceptors (Lipinski definition) is 5. The minimum atomic E-state index is -0.654. The van der Waals surface area contributed by atoms with Gasteiger partial charge in [-0.2, -0.15) is 0 Å². The van der Waals surface area contributed by atoms with Gasteiger partial charge in [-0.05, 0) is 23.3 Å². The SMILES string of the molecule is O=C(C[C@@H](NC(=O)c1ccccc1)c1ccccc1)OCC(=O)N1CCN(Cc2ccccc2)C1=O. The van der Waals surface area contributed by atoms with E-state index in [9.17, 15) is 19.2 Å². The first-order valence-corrected chi connectivity index (χ1v) is 11.7. The summed E-state index contributed by atoms with van der Waals surface area (Å²) in [4.78, 5) is 53.2. The van der Waals surface area contributed by atoms with Crippen LogP contribution in [0.5, 0.6) is 0 Å². The summed E-state index contributed by atoms with van der Waals surface area (Å²) in [6, 6.07) is 26.2. The van der Waals surface area contributed by atoms with Crippen molar-refractivity contribution in [1.82, 2.24) is 15.1 Å². The molecule has 36 heavy (non-hydrogen) atoms. The number of carbonyl (C=O) groups excluding carboxylic acids is 4. The fourth-order valence-corrected chi connectivity index (χ4v) is 3.98. The summed E-state index contributed by atoms with van der Waals surface area (Å²) in [7, 11) is 0. The molecule has 4 rings (SSSR count). The second-order valence-electron chi connectivity index (χ2n) is 8.40. The highest BCUT2D eigenvalue weighted by Crippen LogP contribution is 2.19. The lowest BCUT2D eigenvalue weighted by atomic mass is 10.0. The molecule has 1 aliphatic rings. The van der Waals surface area contributed by atoms with Gasteiger partial charge in [0.05, 0.1) is 12.5 Å². The molecular weight excluding hydrogens is 458 g/mol. The summed E-state index contributed by atoms with van der Waals surface area (Å²) in [6.07, 6.45) is -0.163. The highest BCUT2D eigenvalue weighted by molar-refractivity contribution is 5.97. The van der Waals surface area contributed by atoms with E-state index in [4.69, 9.17) is 4.74 Å².